The summed E-state index contributed by atoms with van der Waals surface area (Å²) in [5.74, 6) is 0.800. The minimum absolute atomic E-state index is 0.409. The largest absolute Gasteiger partial charge is 0.432 e. The molecule has 0 amide bonds. The number of nitrogens with zero attached hydrogens (tertiary/aromatic N) is 2. The first-order chi connectivity index (χ1) is 10.0. The van der Waals surface area contributed by atoms with Crippen LogP contribution in [-0.2, 0) is 6.54 Å². The molecule has 2 fully saturated rings. The monoisotopic (exact) mass is 291 g/mol. The maximum atomic E-state index is 5.71. The van der Waals surface area contributed by atoms with Crippen molar-refractivity contribution < 1.29 is 4.42 Å². The van der Waals surface area contributed by atoms with Crippen LogP contribution in [0.15, 0.2) is 10.7 Å². The standard InChI is InChI=1S/C17H29N3O/c1-17(2,3)13-5-4-9-20(10-8-13)16-19-15(12-21-16)11-18-14-6-7-14/h12-14,18H,4-11H2,1-3H3. The van der Waals surface area contributed by atoms with Crippen LogP contribution in [0.25, 0.3) is 0 Å². The van der Waals surface area contributed by atoms with Crippen LogP contribution in [0.1, 0.15) is 58.6 Å². The first kappa shape index (κ1) is 14.9. The van der Waals surface area contributed by atoms with E-state index in [4.69, 9.17) is 4.42 Å². The number of hydrogen-bond donors (Lipinski definition) is 1. The molecule has 1 atom stereocenters. The Morgan fingerprint density at radius 1 is 1.24 bits per heavy atom. The van der Waals surface area contributed by atoms with Crippen molar-refractivity contribution in [2.75, 3.05) is 18.0 Å². The Kier molecular flexibility index (Phi) is 4.25. The molecule has 0 spiro atoms. The van der Waals surface area contributed by atoms with Crippen molar-refractivity contribution in [2.24, 2.45) is 11.3 Å². The smallest absolute Gasteiger partial charge is 0.297 e. The van der Waals surface area contributed by atoms with Gasteiger partial charge in [0, 0.05) is 25.7 Å². The van der Waals surface area contributed by atoms with Gasteiger partial charge in [0.05, 0.1) is 5.69 Å². The molecule has 1 saturated heterocycles. The maximum Gasteiger partial charge on any atom is 0.297 e. The molecule has 1 N–H and O–H groups in total. The van der Waals surface area contributed by atoms with Crippen LogP contribution in [0.3, 0.4) is 0 Å². The highest BCUT2D eigenvalue weighted by Gasteiger charge is 2.28. The normalized spacial score (nSPS) is 24.1. The molecule has 118 valence electrons. The Hall–Kier alpha value is -1.03. The van der Waals surface area contributed by atoms with Crippen LogP contribution >= 0.6 is 0 Å². The molecular weight excluding hydrogens is 262 g/mol. The third-order valence-corrected chi connectivity index (χ3v) is 4.91. The first-order valence-corrected chi connectivity index (χ1v) is 8.45. The molecule has 1 aromatic rings. The van der Waals surface area contributed by atoms with Crippen LogP contribution in [0.4, 0.5) is 6.01 Å². The van der Waals surface area contributed by atoms with Crippen LogP contribution in [0.5, 0.6) is 0 Å². The minimum atomic E-state index is 0.409. The molecule has 0 bridgehead atoms. The summed E-state index contributed by atoms with van der Waals surface area (Å²) >= 11 is 0. The Balaban J connectivity index is 1.56. The van der Waals surface area contributed by atoms with Gasteiger partial charge in [-0.25, -0.2) is 0 Å². The molecule has 1 saturated carbocycles. The van der Waals surface area contributed by atoms with Crippen molar-refractivity contribution in [3.63, 3.8) is 0 Å². The zero-order valence-corrected chi connectivity index (χ0v) is 13.7. The summed E-state index contributed by atoms with van der Waals surface area (Å²) in [4.78, 5) is 6.99. The Labute approximate surface area is 128 Å². The van der Waals surface area contributed by atoms with Gasteiger partial charge in [-0.2, -0.15) is 4.98 Å². The van der Waals surface area contributed by atoms with Crippen molar-refractivity contribution in [3.8, 4) is 0 Å². The number of nitrogens with one attached hydrogen (secondary N) is 1. The van der Waals surface area contributed by atoms with E-state index in [1.807, 2.05) is 6.26 Å². The summed E-state index contributed by atoms with van der Waals surface area (Å²) in [6.45, 7) is 10.1. The van der Waals surface area contributed by atoms with Gasteiger partial charge < -0.3 is 14.6 Å². The SMILES string of the molecule is CC(C)(C)C1CCCN(c2nc(CNC3CC3)co2)CC1. The highest BCUT2D eigenvalue weighted by Crippen LogP contribution is 2.35. The van der Waals surface area contributed by atoms with Crippen molar-refractivity contribution in [3.05, 3.63) is 12.0 Å². The fourth-order valence-corrected chi connectivity index (χ4v) is 3.21. The fraction of sp³-hybridized carbons (Fsp3) is 0.824. The van der Waals surface area contributed by atoms with E-state index in [-0.39, 0.29) is 0 Å². The third-order valence-electron chi connectivity index (χ3n) is 4.91. The molecule has 1 aliphatic carbocycles. The van der Waals surface area contributed by atoms with E-state index in [2.05, 4.69) is 36.0 Å². The maximum absolute atomic E-state index is 5.71. The van der Waals surface area contributed by atoms with Crippen molar-refractivity contribution >= 4 is 6.01 Å². The number of oxazole rings is 1. The lowest BCUT2D eigenvalue weighted by Crippen LogP contribution is -2.26. The summed E-state index contributed by atoms with van der Waals surface area (Å²) in [6.07, 6.45) is 8.23. The van der Waals surface area contributed by atoms with E-state index in [9.17, 15) is 0 Å². The van der Waals surface area contributed by atoms with Crippen LogP contribution in [0.2, 0.25) is 0 Å². The lowest BCUT2D eigenvalue weighted by molar-refractivity contribution is 0.220. The summed E-state index contributed by atoms with van der Waals surface area (Å²) < 4.78 is 5.71. The van der Waals surface area contributed by atoms with Gasteiger partial charge in [-0.3, -0.25) is 0 Å². The van der Waals surface area contributed by atoms with E-state index >= 15 is 0 Å². The molecule has 1 unspecified atom stereocenters. The summed E-state index contributed by atoms with van der Waals surface area (Å²) in [6, 6.07) is 1.54. The average molecular weight is 291 g/mol. The molecule has 0 radical (unpaired) electrons. The highest BCUT2D eigenvalue weighted by atomic mass is 16.4. The van der Waals surface area contributed by atoms with Crippen molar-refractivity contribution in [1.82, 2.24) is 10.3 Å². The highest BCUT2D eigenvalue weighted by molar-refractivity contribution is 5.27. The molecule has 2 aliphatic rings. The predicted molar refractivity (Wildman–Crippen MR) is 85.4 cm³/mol. The summed E-state index contributed by atoms with van der Waals surface area (Å²) in [7, 11) is 0. The quantitative estimate of drug-likeness (QED) is 0.920. The number of rotatable bonds is 4. The molecule has 4 nitrogen and oxygen atoms in total. The third kappa shape index (κ3) is 4.00. The van der Waals surface area contributed by atoms with Crippen LogP contribution in [-0.4, -0.2) is 24.1 Å². The van der Waals surface area contributed by atoms with Crippen LogP contribution in [0, 0.1) is 11.3 Å². The average Bonchev–Trinajstić information content (AvgIpc) is 3.19. The molecular formula is C17H29N3O. The van der Waals surface area contributed by atoms with Gasteiger partial charge in [-0.05, 0) is 43.4 Å². The van der Waals surface area contributed by atoms with Gasteiger partial charge in [0.25, 0.3) is 6.01 Å². The number of hydrogen-bond acceptors (Lipinski definition) is 4. The summed E-state index contributed by atoms with van der Waals surface area (Å²) in [5.41, 5.74) is 1.44. The zero-order valence-electron chi connectivity index (χ0n) is 13.7. The van der Waals surface area contributed by atoms with Gasteiger partial charge in [-0.15, -0.1) is 0 Å². The molecule has 1 aromatic heterocycles. The van der Waals surface area contributed by atoms with E-state index in [0.29, 0.717) is 5.41 Å². The second-order valence-electron chi connectivity index (χ2n) is 7.76. The Morgan fingerprint density at radius 3 is 2.76 bits per heavy atom. The molecule has 1 aliphatic heterocycles. The Bertz CT molecular complexity index is 459. The first-order valence-electron chi connectivity index (χ1n) is 8.45. The molecule has 0 aromatic carbocycles. The molecule has 2 heterocycles. The van der Waals surface area contributed by atoms with Crippen molar-refractivity contribution in [1.29, 1.82) is 0 Å². The fourth-order valence-electron chi connectivity index (χ4n) is 3.21. The van der Waals surface area contributed by atoms with E-state index < -0.39 is 0 Å². The lowest BCUT2D eigenvalue weighted by Gasteiger charge is -2.29. The van der Waals surface area contributed by atoms with Gasteiger partial charge in [0.1, 0.15) is 6.26 Å². The second kappa shape index (κ2) is 5.99. The molecule has 4 heteroatoms. The van der Waals surface area contributed by atoms with E-state index in [1.165, 1.54) is 32.1 Å². The minimum Gasteiger partial charge on any atom is -0.432 e. The Morgan fingerprint density at radius 2 is 2.05 bits per heavy atom. The van der Waals surface area contributed by atoms with Gasteiger partial charge in [-0.1, -0.05) is 20.8 Å². The number of aromatic nitrogens is 1. The van der Waals surface area contributed by atoms with E-state index in [0.717, 1.165) is 43.3 Å². The van der Waals surface area contributed by atoms with Gasteiger partial charge in [0.2, 0.25) is 0 Å². The van der Waals surface area contributed by atoms with Crippen LogP contribution < -0.4 is 10.2 Å². The van der Waals surface area contributed by atoms with E-state index in [1.54, 1.807) is 0 Å². The van der Waals surface area contributed by atoms with Crippen molar-refractivity contribution in [2.45, 2.75) is 65.5 Å². The zero-order chi connectivity index (χ0) is 14.9. The summed E-state index contributed by atoms with van der Waals surface area (Å²) in [5, 5.41) is 3.49. The second-order valence-corrected chi connectivity index (χ2v) is 7.76. The predicted octanol–water partition coefficient (Wildman–Crippen LogP) is 3.58. The topological polar surface area (TPSA) is 41.3 Å². The molecule has 21 heavy (non-hydrogen) atoms. The lowest BCUT2D eigenvalue weighted by atomic mass is 9.77. The van der Waals surface area contributed by atoms with Gasteiger partial charge in [0.15, 0.2) is 0 Å². The number of anilines is 1. The molecule has 3 rings (SSSR count). The van der Waals surface area contributed by atoms with Gasteiger partial charge >= 0.3 is 0 Å².